The van der Waals surface area contributed by atoms with Gasteiger partial charge in [0.1, 0.15) is 6.61 Å². The number of hydrogen-bond acceptors (Lipinski definition) is 4. The van der Waals surface area contributed by atoms with Gasteiger partial charge in [-0.1, -0.05) is 48.5 Å². The van der Waals surface area contributed by atoms with Gasteiger partial charge in [-0.2, -0.15) is 5.10 Å². The number of carboxylic acids is 1. The summed E-state index contributed by atoms with van der Waals surface area (Å²) < 4.78 is 7.14. The fourth-order valence-corrected chi connectivity index (χ4v) is 3.81. The van der Waals surface area contributed by atoms with Crippen LogP contribution in [0.25, 0.3) is 17.2 Å². The van der Waals surface area contributed by atoms with Crippen LogP contribution >= 0.6 is 0 Å². The van der Waals surface area contributed by atoms with Gasteiger partial charge in [0.05, 0.1) is 17.6 Å². The standard InChI is InChI=1S/C23H21N3O4/c1-2-26-21(11-12-22(27)28)20(13-24-26)25-23(29)30-14-19-17-9-5-3-7-15(17)16-8-4-6-10-18(16)19/h3-13,19H,2,14H2,1H3,(H,25,29)(H,27,28)/b12-11+. The number of rotatable bonds is 6. The number of carboxylic acid groups (broad SMARTS) is 1. The zero-order chi connectivity index (χ0) is 21.1. The predicted molar refractivity (Wildman–Crippen MR) is 113 cm³/mol. The molecule has 0 bridgehead atoms. The zero-order valence-electron chi connectivity index (χ0n) is 16.4. The lowest BCUT2D eigenvalue weighted by Gasteiger charge is -2.14. The summed E-state index contributed by atoms with van der Waals surface area (Å²) in [5, 5.41) is 15.7. The molecular weight excluding hydrogens is 382 g/mol. The average molecular weight is 403 g/mol. The highest BCUT2D eigenvalue weighted by molar-refractivity contribution is 5.90. The Kier molecular flexibility index (Phi) is 5.34. The van der Waals surface area contributed by atoms with Crippen LogP contribution in [-0.2, 0) is 16.1 Å². The number of benzene rings is 2. The number of ether oxygens (including phenoxy) is 1. The van der Waals surface area contributed by atoms with Gasteiger partial charge in [0.2, 0.25) is 0 Å². The molecule has 0 saturated carbocycles. The molecule has 30 heavy (non-hydrogen) atoms. The number of nitrogens with one attached hydrogen (secondary N) is 1. The van der Waals surface area contributed by atoms with Crippen molar-refractivity contribution in [2.75, 3.05) is 11.9 Å². The number of hydrogen-bond donors (Lipinski definition) is 2. The molecule has 1 aliphatic rings. The van der Waals surface area contributed by atoms with Gasteiger partial charge in [0, 0.05) is 18.5 Å². The number of carbonyl (C=O) groups excluding carboxylic acids is 1. The lowest BCUT2D eigenvalue weighted by molar-refractivity contribution is -0.131. The Labute approximate surface area is 173 Å². The van der Waals surface area contributed by atoms with Gasteiger partial charge < -0.3 is 9.84 Å². The molecule has 1 amide bonds. The summed E-state index contributed by atoms with van der Waals surface area (Å²) in [6.45, 7) is 2.61. The van der Waals surface area contributed by atoms with Crippen LogP contribution in [-0.4, -0.2) is 33.6 Å². The molecule has 3 aromatic rings. The second-order valence-electron chi connectivity index (χ2n) is 6.88. The number of aryl methyl sites for hydroxylation is 1. The molecule has 0 unspecified atom stereocenters. The molecule has 0 fully saturated rings. The molecule has 1 aromatic heterocycles. The highest BCUT2D eigenvalue weighted by Gasteiger charge is 2.29. The third-order valence-electron chi connectivity index (χ3n) is 5.14. The van der Waals surface area contributed by atoms with Crippen molar-refractivity contribution in [3.63, 3.8) is 0 Å². The van der Waals surface area contributed by atoms with Crippen LogP contribution < -0.4 is 5.32 Å². The van der Waals surface area contributed by atoms with Crippen molar-refractivity contribution in [3.05, 3.63) is 77.6 Å². The van der Waals surface area contributed by atoms with Crippen LogP contribution in [0.5, 0.6) is 0 Å². The molecule has 0 radical (unpaired) electrons. The molecule has 0 atom stereocenters. The largest absolute Gasteiger partial charge is 0.478 e. The van der Waals surface area contributed by atoms with Crippen LogP contribution in [0.15, 0.2) is 60.8 Å². The fourth-order valence-electron chi connectivity index (χ4n) is 3.81. The van der Waals surface area contributed by atoms with Crippen molar-refractivity contribution in [1.82, 2.24) is 9.78 Å². The summed E-state index contributed by atoms with van der Waals surface area (Å²) in [6, 6.07) is 16.2. The summed E-state index contributed by atoms with van der Waals surface area (Å²) in [6.07, 6.45) is 3.27. The van der Waals surface area contributed by atoms with Gasteiger partial charge in [-0.25, -0.2) is 9.59 Å². The molecule has 4 rings (SSSR count). The molecular formula is C23H21N3O4. The van der Waals surface area contributed by atoms with Gasteiger partial charge in [0.25, 0.3) is 0 Å². The summed E-state index contributed by atoms with van der Waals surface area (Å²) in [5.74, 6) is -1.11. The smallest absolute Gasteiger partial charge is 0.411 e. The minimum Gasteiger partial charge on any atom is -0.478 e. The van der Waals surface area contributed by atoms with Crippen LogP contribution in [0, 0.1) is 0 Å². The maximum atomic E-state index is 12.5. The van der Waals surface area contributed by atoms with Gasteiger partial charge in [-0.05, 0) is 35.3 Å². The van der Waals surface area contributed by atoms with E-state index in [0.717, 1.165) is 28.3 Å². The van der Waals surface area contributed by atoms with Crippen molar-refractivity contribution >= 4 is 23.8 Å². The fraction of sp³-hybridized carbons (Fsp3) is 0.174. The number of carbonyl (C=O) groups is 2. The van der Waals surface area contributed by atoms with E-state index < -0.39 is 12.1 Å². The molecule has 2 aromatic carbocycles. The quantitative estimate of drug-likeness (QED) is 0.597. The third kappa shape index (κ3) is 3.69. The summed E-state index contributed by atoms with van der Waals surface area (Å²) in [4.78, 5) is 23.3. The number of aliphatic carboxylic acids is 1. The first kappa shape index (κ1) is 19.4. The van der Waals surface area contributed by atoms with Crippen LogP contribution in [0.2, 0.25) is 0 Å². The SMILES string of the molecule is CCn1ncc(NC(=O)OCC2c3ccccc3-c3ccccc32)c1/C=C/C(=O)O. The lowest BCUT2D eigenvalue weighted by Crippen LogP contribution is -2.18. The van der Waals surface area contributed by atoms with E-state index in [2.05, 4.69) is 34.7 Å². The van der Waals surface area contributed by atoms with E-state index in [1.54, 1.807) is 4.68 Å². The van der Waals surface area contributed by atoms with E-state index in [4.69, 9.17) is 9.84 Å². The minimum atomic E-state index is -1.08. The van der Waals surface area contributed by atoms with Gasteiger partial charge >= 0.3 is 12.1 Å². The van der Waals surface area contributed by atoms with Gasteiger partial charge in [0.15, 0.2) is 0 Å². The summed E-state index contributed by atoms with van der Waals surface area (Å²) >= 11 is 0. The van der Waals surface area contributed by atoms with Gasteiger partial charge in [-0.3, -0.25) is 10.00 Å². The Morgan fingerprint density at radius 2 is 1.77 bits per heavy atom. The average Bonchev–Trinajstić information content (AvgIpc) is 3.29. The Hall–Kier alpha value is -3.87. The molecule has 1 heterocycles. The zero-order valence-corrected chi connectivity index (χ0v) is 16.4. The minimum absolute atomic E-state index is 0.0344. The van der Waals surface area contributed by atoms with Crippen molar-refractivity contribution in [3.8, 4) is 11.1 Å². The summed E-state index contributed by atoms with van der Waals surface area (Å²) in [7, 11) is 0. The Morgan fingerprint density at radius 3 is 2.37 bits per heavy atom. The number of aromatic nitrogens is 2. The van der Waals surface area contributed by atoms with E-state index in [1.165, 1.54) is 12.3 Å². The Morgan fingerprint density at radius 1 is 1.13 bits per heavy atom. The molecule has 0 saturated heterocycles. The molecule has 7 nitrogen and oxygen atoms in total. The normalized spacial score (nSPS) is 12.6. The summed E-state index contributed by atoms with van der Waals surface area (Å²) in [5.41, 5.74) is 5.48. The molecule has 0 spiro atoms. The first-order chi connectivity index (χ1) is 14.6. The second kappa shape index (κ2) is 8.24. The van der Waals surface area contributed by atoms with E-state index in [1.807, 2.05) is 31.2 Å². The maximum Gasteiger partial charge on any atom is 0.411 e. The van der Waals surface area contributed by atoms with Crippen molar-refractivity contribution in [2.24, 2.45) is 0 Å². The monoisotopic (exact) mass is 403 g/mol. The third-order valence-corrected chi connectivity index (χ3v) is 5.14. The van der Waals surface area contributed by atoms with Crippen LogP contribution in [0.1, 0.15) is 29.7 Å². The van der Waals surface area contributed by atoms with Gasteiger partial charge in [-0.15, -0.1) is 0 Å². The van der Waals surface area contributed by atoms with Crippen LogP contribution in [0.3, 0.4) is 0 Å². The van der Waals surface area contributed by atoms with Crippen molar-refractivity contribution in [1.29, 1.82) is 0 Å². The molecule has 2 N–H and O–H groups in total. The number of nitrogens with zero attached hydrogens (tertiary/aromatic N) is 2. The first-order valence-corrected chi connectivity index (χ1v) is 9.67. The van der Waals surface area contributed by atoms with E-state index >= 15 is 0 Å². The molecule has 0 aliphatic heterocycles. The Bertz CT molecular complexity index is 1090. The molecule has 7 heteroatoms. The second-order valence-corrected chi connectivity index (χ2v) is 6.88. The predicted octanol–water partition coefficient (Wildman–Crippen LogP) is 4.36. The number of fused-ring (bicyclic) bond motifs is 3. The Balaban J connectivity index is 1.49. The number of amides is 1. The highest BCUT2D eigenvalue weighted by Crippen LogP contribution is 2.44. The molecule has 152 valence electrons. The van der Waals surface area contributed by atoms with Crippen molar-refractivity contribution < 1.29 is 19.4 Å². The maximum absolute atomic E-state index is 12.5. The van der Waals surface area contributed by atoms with Crippen LogP contribution in [0.4, 0.5) is 10.5 Å². The lowest BCUT2D eigenvalue weighted by atomic mass is 9.98. The number of anilines is 1. The highest BCUT2D eigenvalue weighted by atomic mass is 16.5. The van der Waals surface area contributed by atoms with E-state index in [0.29, 0.717) is 17.9 Å². The molecule has 1 aliphatic carbocycles. The van der Waals surface area contributed by atoms with E-state index in [9.17, 15) is 9.59 Å². The van der Waals surface area contributed by atoms with E-state index in [-0.39, 0.29) is 12.5 Å². The van der Waals surface area contributed by atoms with Crippen molar-refractivity contribution in [2.45, 2.75) is 19.4 Å². The first-order valence-electron chi connectivity index (χ1n) is 9.67. The topological polar surface area (TPSA) is 93.5 Å².